The largest absolute Gasteiger partial charge is 0.402 e. The van der Waals surface area contributed by atoms with E-state index in [0.29, 0.717) is 4.31 Å². The number of nitriles is 1. The average molecular weight is 272 g/mol. The molecule has 100 valence electrons. The van der Waals surface area contributed by atoms with Gasteiger partial charge in [0, 0.05) is 6.54 Å². The van der Waals surface area contributed by atoms with E-state index < -0.39 is 28.0 Å². The SMILES string of the molecule is CCCN(CC(F)(F)F)S(=O)(=O)C(C#N)CC. The molecule has 0 aliphatic rings. The summed E-state index contributed by atoms with van der Waals surface area (Å²) in [5, 5.41) is 7.22. The monoisotopic (exact) mass is 272 g/mol. The molecule has 0 saturated heterocycles. The molecule has 0 radical (unpaired) electrons. The Morgan fingerprint density at radius 3 is 2.18 bits per heavy atom. The van der Waals surface area contributed by atoms with Gasteiger partial charge in [0.05, 0.1) is 6.07 Å². The Bertz CT molecular complexity index is 373. The lowest BCUT2D eigenvalue weighted by Crippen LogP contribution is -2.43. The molecule has 0 heterocycles. The summed E-state index contributed by atoms with van der Waals surface area (Å²) in [5.41, 5.74) is 0. The van der Waals surface area contributed by atoms with Gasteiger partial charge in [-0.1, -0.05) is 13.8 Å². The number of halogens is 3. The second-order valence-electron chi connectivity index (χ2n) is 3.52. The number of nitrogens with zero attached hydrogens (tertiary/aromatic N) is 2. The van der Waals surface area contributed by atoms with Gasteiger partial charge in [-0.15, -0.1) is 0 Å². The zero-order valence-electron chi connectivity index (χ0n) is 9.66. The van der Waals surface area contributed by atoms with Crippen LogP contribution in [0.1, 0.15) is 26.7 Å². The van der Waals surface area contributed by atoms with Crippen LogP contribution in [-0.4, -0.2) is 37.2 Å². The normalized spacial score (nSPS) is 14.6. The molecule has 17 heavy (non-hydrogen) atoms. The van der Waals surface area contributed by atoms with Crippen molar-refractivity contribution in [2.45, 2.75) is 38.1 Å². The molecule has 1 unspecified atom stereocenters. The summed E-state index contributed by atoms with van der Waals surface area (Å²) in [4.78, 5) is 0. The molecular weight excluding hydrogens is 257 g/mol. The highest BCUT2D eigenvalue weighted by atomic mass is 32.2. The van der Waals surface area contributed by atoms with E-state index in [-0.39, 0.29) is 19.4 Å². The Kier molecular flexibility index (Phi) is 5.92. The summed E-state index contributed by atoms with van der Waals surface area (Å²) in [6.07, 6.45) is -4.37. The third-order valence-electron chi connectivity index (χ3n) is 2.06. The fourth-order valence-corrected chi connectivity index (χ4v) is 2.97. The number of sulfonamides is 1. The third-order valence-corrected chi connectivity index (χ3v) is 4.25. The van der Waals surface area contributed by atoms with Gasteiger partial charge < -0.3 is 0 Å². The Balaban J connectivity index is 5.12. The van der Waals surface area contributed by atoms with E-state index >= 15 is 0 Å². The van der Waals surface area contributed by atoms with Crippen LogP contribution in [0.4, 0.5) is 13.2 Å². The van der Waals surface area contributed by atoms with Crippen molar-refractivity contribution in [3.8, 4) is 6.07 Å². The highest BCUT2D eigenvalue weighted by Gasteiger charge is 2.39. The van der Waals surface area contributed by atoms with E-state index in [0.717, 1.165) is 0 Å². The van der Waals surface area contributed by atoms with Gasteiger partial charge in [-0.05, 0) is 12.8 Å². The van der Waals surface area contributed by atoms with Gasteiger partial charge in [-0.3, -0.25) is 0 Å². The predicted octanol–water partition coefficient (Wildman–Crippen LogP) is 1.89. The van der Waals surface area contributed by atoms with Crippen LogP contribution in [0.5, 0.6) is 0 Å². The van der Waals surface area contributed by atoms with Crippen molar-refractivity contribution in [2.75, 3.05) is 13.1 Å². The fraction of sp³-hybridized carbons (Fsp3) is 0.889. The molecule has 0 aromatic carbocycles. The zero-order chi connectivity index (χ0) is 13.7. The first-order chi connectivity index (χ1) is 7.69. The van der Waals surface area contributed by atoms with Gasteiger partial charge in [0.1, 0.15) is 6.54 Å². The van der Waals surface area contributed by atoms with Gasteiger partial charge in [0.2, 0.25) is 10.0 Å². The summed E-state index contributed by atoms with van der Waals surface area (Å²) >= 11 is 0. The van der Waals surface area contributed by atoms with Gasteiger partial charge in [-0.25, -0.2) is 8.42 Å². The zero-order valence-corrected chi connectivity index (χ0v) is 10.5. The van der Waals surface area contributed by atoms with E-state index in [1.54, 1.807) is 6.92 Å². The van der Waals surface area contributed by atoms with Crippen LogP contribution in [0.15, 0.2) is 0 Å². The van der Waals surface area contributed by atoms with Crippen LogP contribution >= 0.6 is 0 Å². The van der Waals surface area contributed by atoms with Crippen LogP contribution in [0.2, 0.25) is 0 Å². The smallest absolute Gasteiger partial charge is 0.211 e. The molecule has 0 aromatic heterocycles. The van der Waals surface area contributed by atoms with Crippen LogP contribution in [0.25, 0.3) is 0 Å². The van der Waals surface area contributed by atoms with Crippen molar-refractivity contribution in [1.82, 2.24) is 4.31 Å². The molecule has 0 rings (SSSR count). The maximum atomic E-state index is 12.2. The van der Waals surface area contributed by atoms with Crippen molar-refractivity contribution >= 4 is 10.0 Å². The van der Waals surface area contributed by atoms with Gasteiger partial charge in [0.15, 0.2) is 5.25 Å². The minimum atomic E-state index is -4.60. The minimum Gasteiger partial charge on any atom is -0.211 e. The van der Waals surface area contributed by atoms with Crippen molar-refractivity contribution in [1.29, 1.82) is 5.26 Å². The predicted molar refractivity (Wildman–Crippen MR) is 56.5 cm³/mol. The van der Waals surface area contributed by atoms with E-state index in [9.17, 15) is 21.6 Å². The Hall–Kier alpha value is -0.810. The standard InChI is InChI=1S/C9H15F3N2O2S/c1-3-5-14(7-9(10,11)12)17(15,16)8(4-2)6-13/h8H,3-5,7H2,1-2H3. The summed E-state index contributed by atoms with van der Waals surface area (Å²) in [6, 6.07) is 1.52. The number of hydrogen-bond donors (Lipinski definition) is 0. The summed E-state index contributed by atoms with van der Waals surface area (Å²) in [7, 11) is -4.21. The van der Waals surface area contributed by atoms with Gasteiger partial charge in [0.25, 0.3) is 0 Å². The first-order valence-electron chi connectivity index (χ1n) is 5.14. The lowest BCUT2D eigenvalue weighted by atomic mass is 10.4. The second kappa shape index (κ2) is 6.21. The van der Waals surface area contributed by atoms with Crippen molar-refractivity contribution in [3.63, 3.8) is 0 Å². The minimum absolute atomic E-state index is 0.0308. The van der Waals surface area contributed by atoms with Crippen molar-refractivity contribution < 1.29 is 21.6 Å². The molecular formula is C9H15F3N2O2S. The third kappa shape index (κ3) is 4.91. The lowest BCUT2D eigenvalue weighted by molar-refractivity contribution is -0.136. The van der Waals surface area contributed by atoms with Crippen LogP contribution in [0.3, 0.4) is 0 Å². The summed E-state index contributed by atoms with van der Waals surface area (Å²) in [5.74, 6) is 0. The number of rotatable bonds is 6. The molecule has 0 aromatic rings. The van der Waals surface area contributed by atoms with Gasteiger partial charge >= 0.3 is 6.18 Å². The molecule has 0 N–H and O–H groups in total. The molecule has 0 amide bonds. The number of hydrogen-bond acceptors (Lipinski definition) is 3. The van der Waals surface area contributed by atoms with E-state index in [1.165, 1.54) is 13.0 Å². The Morgan fingerprint density at radius 2 is 1.88 bits per heavy atom. The topological polar surface area (TPSA) is 61.2 Å². The molecule has 0 aliphatic carbocycles. The second-order valence-corrected chi connectivity index (χ2v) is 5.64. The van der Waals surface area contributed by atoms with E-state index in [1.807, 2.05) is 0 Å². The van der Waals surface area contributed by atoms with Crippen LogP contribution < -0.4 is 0 Å². The van der Waals surface area contributed by atoms with Gasteiger partial charge in [-0.2, -0.15) is 22.7 Å². The van der Waals surface area contributed by atoms with Crippen molar-refractivity contribution in [2.24, 2.45) is 0 Å². The van der Waals surface area contributed by atoms with Crippen molar-refractivity contribution in [3.05, 3.63) is 0 Å². The maximum absolute atomic E-state index is 12.2. The lowest BCUT2D eigenvalue weighted by Gasteiger charge is -2.24. The number of alkyl halides is 3. The molecule has 0 spiro atoms. The molecule has 0 aliphatic heterocycles. The molecule has 0 fully saturated rings. The Labute approximate surface area is 99.1 Å². The molecule has 1 atom stereocenters. The first-order valence-corrected chi connectivity index (χ1v) is 6.64. The average Bonchev–Trinajstić information content (AvgIpc) is 2.16. The highest BCUT2D eigenvalue weighted by Crippen LogP contribution is 2.21. The van der Waals surface area contributed by atoms with Crippen LogP contribution in [-0.2, 0) is 10.0 Å². The summed E-state index contributed by atoms with van der Waals surface area (Å²) < 4.78 is 60.6. The molecule has 0 saturated carbocycles. The Morgan fingerprint density at radius 1 is 1.35 bits per heavy atom. The fourth-order valence-electron chi connectivity index (χ4n) is 1.29. The maximum Gasteiger partial charge on any atom is 0.402 e. The summed E-state index contributed by atoms with van der Waals surface area (Å²) in [6.45, 7) is 1.25. The van der Waals surface area contributed by atoms with E-state index in [4.69, 9.17) is 5.26 Å². The van der Waals surface area contributed by atoms with Crippen LogP contribution in [0, 0.1) is 11.3 Å². The van der Waals surface area contributed by atoms with E-state index in [2.05, 4.69) is 0 Å². The molecule has 4 nitrogen and oxygen atoms in total. The first kappa shape index (κ1) is 16.2. The highest BCUT2D eigenvalue weighted by molar-refractivity contribution is 7.90. The molecule has 8 heteroatoms. The molecule has 0 bridgehead atoms. The quantitative estimate of drug-likeness (QED) is 0.742.